The number of aromatic nitrogens is 10. The van der Waals surface area contributed by atoms with Crippen molar-refractivity contribution in [3.05, 3.63) is 132 Å². The van der Waals surface area contributed by atoms with Gasteiger partial charge in [0.25, 0.3) is 47.3 Å². The first-order chi connectivity index (χ1) is 41.7. The first-order valence-corrected chi connectivity index (χ1v) is 27.4. The van der Waals surface area contributed by atoms with Crippen LogP contribution in [0.3, 0.4) is 0 Å². The highest BCUT2D eigenvalue weighted by atomic mass is 16.2. The van der Waals surface area contributed by atoms with Crippen molar-refractivity contribution >= 4 is 105 Å². The van der Waals surface area contributed by atoms with Gasteiger partial charge in [-0.05, 0) is 69.9 Å². The molecule has 0 unspecified atom stereocenters. The van der Waals surface area contributed by atoms with Gasteiger partial charge in [-0.25, -0.2) is 9.97 Å². The number of carbonyl (C=O) groups excluding carboxylic acids is 10. The van der Waals surface area contributed by atoms with Crippen molar-refractivity contribution in [3.8, 4) is 0 Å². The fourth-order valence-corrected chi connectivity index (χ4v) is 9.41. The number of rotatable bonds is 24. The summed E-state index contributed by atoms with van der Waals surface area (Å²) in [5.74, 6) is -4.76. The third-order valence-electron chi connectivity index (χ3n) is 13.6. The van der Waals surface area contributed by atoms with Gasteiger partial charge < -0.3 is 94.6 Å². The zero-order chi connectivity index (χ0) is 63.8. The normalized spacial score (nSPS) is 11.0. The van der Waals surface area contributed by atoms with Gasteiger partial charge in [0, 0.05) is 132 Å². The molecule has 0 atom stereocenters. The average Bonchev–Trinajstić information content (AvgIpc) is 3.92. The predicted molar refractivity (Wildman–Crippen MR) is 327 cm³/mol. The molecule has 31 heteroatoms. The quantitative estimate of drug-likeness (QED) is 0.0388. The highest BCUT2D eigenvalue weighted by molar-refractivity contribution is 6.10. The Labute approximate surface area is 503 Å². The summed E-state index contributed by atoms with van der Waals surface area (Å²) in [7, 11) is 16.9. The van der Waals surface area contributed by atoms with Crippen LogP contribution in [0.5, 0.6) is 0 Å². The van der Waals surface area contributed by atoms with Crippen molar-refractivity contribution in [2.45, 2.75) is 26.2 Å². The minimum atomic E-state index is -0.679. The van der Waals surface area contributed by atoms with E-state index >= 15 is 0 Å². The number of hydrogen-bond donors (Lipinski definition) is 10. The summed E-state index contributed by atoms with van der Waals surface area (Å²) in [6.07, 6.45) is 13.4. The Bertz CT molecular complexity index is 4040. The Balaban J connectivity index is 0.757. The van der Waals surface area contributed by atoms with Gasteiger partial charge >= 0.3 is 0 Å². The van der Waals surface area contributed by atoms with Crippen LogP contribution >= 0.6 is 0 Å². The van der Waals surface area contributed by atoms with Gasteiger partial charge in [0.2, 0.25) is 23.5 Å². The predicted octanol–water partition coefficient (Wildman–Crippen LogP) is 3.49. The fourth-order valence-electron chi connectivity index (χ4n) is 9.41. The van der Waals surface area contributed by atoms with Crippen LogP contribution in [0.1, 0.15) is 110 Å². The average molecular weight is 1210 g/mol. The molecule has 0 saturated carbocycles. The molecule has 8 rings (SSSR count). The summed E-state index contributed by atoms with van der Waals surface area (Å²) >= 11 is 0. The first-order valence-electron chi connectivity index (χ1n) is 27.4. The molecule has 31 nitrogen and oxygen atoms in total. The molecule has 0 aliphatic carbocycles. The summed E-state index contributed by atoms with van der Waals surface area (Å²) in [6.45, 7) is 2.81. The van der Waals surface area contributed by atoms with Crippen molar-refractivity contribution < 1.29 is 47.9 Å². The van der Waals surface area contributed by atoms with E-state index in [1.54, 1.807) is 103 Å². The molecule has 0 aromatic carbocycles. The van der Waals surface area contributed by atoms with Gasteiger partial charge in [0.15, 0.2) is 11.6 Å². The van der Waals surface area contributed by atoms with E-state index in [0.29, 0.717) is 40.7 Å². The van der Waals surface area contributed by atoms with Gasteiger partial charge in [0.05, 0.1) is 34.1 Å². The molecule has 88 heavy (non-hydrogen) atoms. The molecule has 0 fully saturated rings. The van der Waals surface area contributed by atoms with Crippen LogP contribution in [0, 0.1) is 0 Å². The van der Waals surface area contributed by atoms with Crippen molar-refractivity contribution in [3.63, 3.8) is 0 Å². The van der Waals surface area contributed by atoms with Crippen molar-refractivity contribution in [1.29, 1.82) is 0 Å². The molecule has 0 spiro atoms. The largest absolute Gasteiger partial charge is 0.351 e. The summed E-state index contributed by atoms with van der Waals surface area (Å²) in [6, 6.07) is 9.06. The minimum Gasteiger partial charge on any atom is -0.351 e. The second-order valence-electron chi connectivity index (χ2n) is 21.2. The molecular weight excluding hydrogens is 1140 g/mol. The van der Waals surface area contributed by atoms with E-state index in [2.05, 4.69) is 63.1 Å². The Morgan fingerprint density at radius 1 is 0.364 bits per heavy atom. The van der Waals surface area contributed by atoms with E-state index in [4.69, 9.17) is 0 Å². The van der Waals surface area contributed by atoms with Gasteiger partial charge in [-0.1, -0.05) is 0 Å². The molecule has 0 aliphatic rings. The first kappa shape index (κ1) is 62.8. The highest BCUT2D eigenvalue weighted by Crippen LogP contribution is 2.23. The van der Waals surface area contributed by atoms with E-state index in [0.717, 1.165) is 13.0 Å². The van der Waals surface area contributed by atoms with Gasteiger partial charge in [-0.15, -0.1) is 0 Å². The molecule has 8 aromatic heterocycles. The van der Waals surface area contributed by atoms with Gasteiger partial charge in [-0.2, -0.15) is 0 Å². The molecule has 462 valence electrons. The highest BCUT2D eigenvalue weighted by Gasteiger charge is 2.24. The lowest BCUT2D eigenvalue weighted by Crippen LogP contribution is -2.28. The molecule has 0 radical (unpaired) electrons. The lowest BCUT2D eigenvalue weighted by atomic mass is 10.2. The Kier molecular flexibility index (Phi) is 19.1. The van der Waals surface area contributed by atoms with E-state index in [1.807, 2.05) is 19.0 Å². The van der Waals surface area contributed by atoms with Crippen molar-refractivity contribution in [1.82, 2.24) is 62.0 Å². The fraction of sp³-hybridized carbons (Fsp3) is 0.298. The number of amides is 10. The second-order valence-corrected chi connectivity index (χ2v) is 21.2. The maximum absolute atomic E-state index is 13.5. The molecule has 10 N–H and O–H groups in total. The van der Waals surface area contributed by atoms with Gasteiger partial charge in [0.1, 0.15) is 34.2 Å². The maximum Gasteiger partial charge on any atom is 0.292 e. The Morgan fingerprint density at radius 2 is 0.659 bits per heavy atom. The van der Waals surface area contributed by atoms with Crippen LogP contribution in [0.2, 0.25) is 0 Å². The van der Waals surface area contributed by atoms with Crippen LogP contribution in [-0.2, 0) is 66.0 Å². The van der Waals surface area contributed by atoms with E-state index in [-0.39, 0.29) is 94.5 Å². The maximum atomic E-state index is 13.5. The molecule has 0 saturated heterocycles. The molecule has 8 heterocycles. The van der Waals surface area contributed by atoms with Crippen LogP contribution in [-0.4, -0.2) is 144 Å². The number of imidazole rings is 2. The number of nitrogens with zero attached hydrogens (tertiary/aromatic N) is 11. The van der Waals surface area contributed by atoms with Crippen LogP contribution < -0.4 is 53.2 Å². The summed E-state index contributed by atoms with van der Waals surface area (Å²) < 4.78 is 12.1. The Morgan fingerprint density at radius 3 is 1.02 bits per heavy atom. The zero-order valence-corrected chi connectivity index (χ0v) is 50.3. The summed E-state index contributed by atoms with van der Waals surface area (Å²) in [5, 5.41) is 27.4. The third-order valence-corrected chi connectivity index (χ3v) is 13.6. The number of aryl methyl sites for hydroxylation is 8. The lowest BCUT2D eigenvalue weighted by Gasteiger charge is -2.10. The van der Waals surface area contributed by atoms with Crippen molar-refractivity contribution in [2.24, 2.45) is 56.4 Å². The summed E-state index contributed by atoms with van der Waals surface area (Å²) in [5.41, 5.74) is 3.62. The standard InChI is InChI=1S/C57H69N21O10/c1-32(79)60-33-18-44(73(6)24-33)55(86)68-45-30-78(11)49(66-45)57(88)69-46-31-77(10)48(67-46)56(87)65-38-21-40(72(5)29-38)50(81)58-15-12-14-47(80)61-34-19-41(74(7)25-34)52(83)63-36-22-43(76(9)27-36)54(85)64-37-23-42(75(8)28-37)53(84)62-35-20-39(71(4)26-35)51(82)59-16-13-17-70(2)3/h18-31H,12-17H2,1-11H3,(H,58,81)(H,59,82)(H,60,79)(H,61,80)(H,62,84)(H,63,83)(H,64,85)(H,65,87)(H,68,86)(H,69,88). The second kappa shape index (κ2) is 26.8. The van der Waals surface area contributed by atoms with E-state index in [9.17, 15) is 47.9 Å². The Hall–Kier alpha value is -11.2. The van der Waals surface area contributed by atoms with E-state index < -0.39 is 41.4 Å². The smallest absolute Gasteiger partial charge is 0.292 e. The molecule has 0 bridgehead atoms. The zero-order valence-electron chi connectivity index (χ0n) is 50.3. The molecule has 10 amide bonds. The lowest BCUT2D eigenvalue weighted by molar-refractivity contribution is -0.116. The van der Waals surface area contributed by atoms with Crippen LogP contribution in [0.25, 0.3) is 0 Å². The SMILES string of the molecule is CC(=O)Nc1cc(C(=O)Nc2cn(C)c(C(=O)Nc3cn(C)c(C(=O)Nc4cc(C(=O)NCCCC(=O)Nc5cc(C(=O)Nc6cc(C(=O)Nc7cc(C(=O)Nc8cc(C(=O)NCCCN(C)C)n(C)c8)n(C)c7)n(C)c6)n(C)c5)n(C)c4)n3)n2)n(C)c1. The summed E-state index contributed by atoms with van der Waals surface area (Å²) in [4.78, 5) is 141. The topological polar surface area (TPSA) is 359 Å². The minimum absolute atomic E-state index is 0.0244. The number of nitrogens with one attached hydrogen (secondary N) is 10. The van der Waals surface area contributed by atoms with Crippen LogP contribution in [0.4, 0.5) is 45.8 Å². The van der Waals surface area contributed by atoms with E-state index in [1.165, 1.54) is 83.2 Å². The van der Waals surface area contributed by atoms with Crippen molar-refractivity contribution in [2.75, 3.05) is 76.3 Å². The monoisotopic (exact) mass is 1210 g/mol. The molecule has 0 aliphatic heterocycles. The van der Waals surface area contributed by atoms with Crippen LogP contribution in [0.15, 0.2) is 86.0 Å². The number of hydrogen-bond acceptors (Lipinski definition) is 13. The molecular formula is C57H69N21O10. The number of carbonyl (C=O) groups is 10. The molecule has 8 aromatic rings. The third kappa shape index (κ3) is 15.4. The number of anilines is 8. The van der Waals surface area contributed by atoms with Gasteiger partial charge in [-0.3, -0.25) is 47.9 Å².